The number of aromatic nitrogens is 2. The van der Waals surface area contributed by atoms with Crippen LogP contribution in [-0.2, 0) is 5.41 Å². The Bertz CT molecular complexity index is 278. The Balaban J connectivity index is 3.07. The van der Waals surface area contributed by atoms with Crippen LogP contribution in [0.3, 0.4) is 0 Å². The molecule has 0 saturated carbocycles. The summed E-state index contributed by atoms with van der Waals surface area (Å²) in [7, 11) is 0. The van der Waals surface area contributed by atoms with Gasteiger partial charge >= 0.3 is 0 Å². The van der Waals surface area contributed by atoms with Gasteiger partial charge in [0.05, 0.1) is 11.9 Å². The van der Waals surface area contributed by atoms with Gasteiger partial charge in [-0.05, 0) is 17.7 Å². The maximum Gasteiger partial charge on any atom is 0.0629 e. The Morgan fingerprint density at radius 3 is 2.67 bits per heavy atom. The van der Waals surface area contributed by atoms with Crippen molar-refractivity contribution in [1.29, 1.82) is 0 Å². The van der Waals surface area contributed by atoms with Gasteiger partial charge < -0.3 is 5.73 Å². The highest BCUT2D eigenvalue weighted by Gasteiger charge is 2.17. The third-order valence-electron chi connectivity index (χ3n) is 1.74. The van der Waals surface area contributed by atoms with Crippen molar-refractivity contribution in [3.05, 3.63) is 23.7 Å². The van der Waals surface area contributed by atoms with Crippen LogP contribution in [0.5, 0.6) is 0 Å². The number of rotatable bonds is 1. The van der Waals surface area contributed by atoms with Crippen molar-refractivity contribution < 1.29 is 0 Å². The molecule has 12 heavy (non-hydrogen) atoms. The average molecular weight is 165 g/mol. The van der Waals surface area contributed by atoms with E-state index in [0.717, 1.165) is 5.69 Å². The van der Waals surface area contributed by atoms with Crippen molar-refractivity contribution in [2.24, 2.45) is 5.73 Å². The summed E-state index contributed by atoms with van der Waals surface area (Å²) in [4.78, 5) is 0. The molecule has 0 aliphatic heterocycles. The Kier molecular flexibility index (Phi) is 2.22. The fraction of sp³-hybridized carbons (Fsp3) is 0.444. The number of H-pyrrole nitrogens is 1. The number of hydrogen-bond donors (Lipinski definition) is 2. The zero-order chi connectivity index (χ0) is 9.19. The van der Waals surface area contributed by atoms with Crippen LogP contribution in [0.1, 0.15) is 32.0 Å². The van der Waals surface area contributed by atoms with Crippen LogP contribution < -0.4 is 5.73 Å². The smallest absolute Gasteiger partial charge is 0.0629 e. The van der Waals surface area contributed by atoms with Gasteiger partial charge in [0, 0.05) is 5.56 Å². The second kappa shape index (κ2) is 3.01. The van der Waals surface area contributed by atoms with Crippen molar-refractivity contribution in [3.8, 4) is 0 Å². The van der Waals surface area contributed by atoms with Gasteiger partial charge in [0.15, 0.2) is 0 Å². The van der Waals surface area contributed by atoms with E-state index in [4.69, 9.17) is 5.73 Å². The van der Waals surface area contributed by atoms with Crippen LogP contribution >= 0.6 is 0 Å². The Morgan fingerprint density at radius 1 is 1.50 bits per heavy atom. The SMILES string of the molecule is CC(C)(C)c1cn[nH]c1/C=C\N. The van der Waals surface area contributed by atoms with Crippen LogP contribution in [0.2, 0.25) is 0 Å². The zero-order valence-corrected chi connectivity index (χ0v) is 7.76. The number of hydrogen-bond acceptors (Lipinski definition) is 2. The summed E-state index contributed by atoms with van der Waals surface area (Å²) < 4.78 is 0. The van der Waals surface area contributed by atoms with Crippen molar-refractivity contribution >= 4 is 6.08 Å². The summed E-state index contributed by atoms with van der Waals surface area (Å²) in [6.45, 7) is 6.43. The average Bonchev–Trinajstić information content (AvgIpc) is 2.34. The molecule has 0 unspecified atom stereocenters. The van der Waals surface area contributed by atoms with E-state index in [-0.39, 0.29) is 5.41 Å². The van der Waals surface area contributed by atoms with Crippen molar-refractivity contribution in [2.75, 3.05) is 0 Å². The van der Waals surface area contributed by atoms with E-state index in [0.29, 0.717) is 0 Å². The predicted octanol–water partition coefficient (Wildman–Crippen LogP) is 1.64. The zero-order valence-electron chi connectivity index (χ0n) is 7.76. The molecule has 1 rings (SSSR count). The second-order valence-electron chi connectivity index (χ2n) is 3.81. The number of nitrogens with zero attached hydrogens (tertiary/aromatic N) is 1. The molecule has 0 aromatic carbocycles. The minimum absolute atomic E-state index is 0.113. The van der Waals surface area contributed by atoms with E-state index in [1.165, 1.54) is 11.8 Å². The number of aromatic amines is 1. The van der Waals surface area contributed by atoms with E-state index in [1.54, 1.807) is 0 Å². The van der Waals surface area contributed by atoms with Crippen molar-refractivity contribution in [2.45, 2.75) is 26.2 Å². The molecule has 0 aliphatic carbocycles. The van der Waals surface area contributed by atoms with Crippen LogP contribution in [0.25, 0.3) is 6.08 Å². The lowest BCUT2D eigenvalue weighted by Gasteiger charge is -2.16. The van der Waals surface area contributed by atoms with Gasteiger partial charge in [-0.25, -0.2) is 0 Å². The fourth-order valence-corrected chi connectivity index (χ4v) is 1.12. The topological polar surface area (TPSA) is 54.7 Å². The molecular weight excluding hydrogens is 150 g/mol. The minimum atomic E-state index is 0.113. The monoisotopic (exact) mass is 165 g/mol. The lowest BCUT2D eigenvalue weighted by atomic mass is 9.87. The Morgan fingerprint density at radius 2 is 2.17 bits per heavy atom. The molecule has 0 aliphatic rings. The summed E-state index contributed by atoms with van der Waals surface area (Å²) in [5.74, 6) is 0. The molecule has 3 N–H and O–H groups in total. The summed E-state index contributed by atoms with van der Waals surface area (Å²) in [6, 6.07) is 0. The van der Waals surface area contributed by atoms with E-state index < -0.39 is 0 Å². The van der Waals surface area contributed by atoms with E-state index in [2.05, 4.69) is 31.0 Å². The molecule has 1 aromatic heterocycles. The molecule has 3 heteroatoms. The minimum Gasteiger partial charge on any atom is -0.405 e. The van der Waals surface area contributed by atoms with Gasteiger partial charge in [-0.1, -0.05) is 20.8 Å². The van der Waals surface area contributed by atoms with Crippen molar-refractivity contribution in [1.82, 2.24) is 10.2 Å². The van der Waals surface area contributed by atoms with Gasteiger partial charge in [0.25, 0.3) is 0 Å². The standard InChI is InChI=1S/C9H15N3/c1-9(2,3)7-6-11-12-8(7)4-5-10/h4-6H,10H2,1-3H3,(H,11,12)/b5-4-. The maximum absolute atomic E-state index is 5.30. The molecule has 0 saturated heterocycles. The first-order chi connectivity index (χ1) is 5.55. The maximum atomic E-state index is 5.30. The first kappa shape index (κ1) is 8.84. The molecule has 0 fully saturated rings. The normalized spacial score (nSPS) is 12.6. The number of nitrogens with one attached hydrogen (secondary N) is 1. The molecular formula is C9H15N3. The largest absolute Gasteiger partial charge is 0.405 e. The predicted molar refractivity (Wildman–Crippen MR) is 50.5 cm³/mol. The first-order valence-corrected chi connectivity index (χ1v) is 3.98. The van der Waals surface area contributed by atoms with E-state index in [1.807, 2.05) is 12.3 Å². The van der Waals surface area contributed by atoms with Gasteiger partial charge in [-0.15, -0.1) is 0 Å². The van der Waals surface area contributed by atoms with Gasteiger partial charge in [0.2, 0.25) is 0 Å². The van der Waals surface area contributed by atoms with Crippen molar-refractivity contribution in [3.63, 3.8) is 0 Å². The Labute approximate surface area is 72.7 Å². The number of nitrogens with two attached hydrogens (primary N) is 1. The molecule has 3 nitrogen and oxygen atoms in total. The van der Waals surface area contributed by atoms with Crippen LogP contribution in [0.4, 0.5) is 0 Å². The van der Waals surface area contributed by atoms with Crippen LogP contribution in [0, 0.1) is 0 Å². The molecule has 0 atom stereocenters. The summed E-state index contributed by atoms with van der Waals surface area (Å²) in [5, 5.41) is 6.87. The quantitative estimate of drug-likeness (QED) is 0.664. The highest BCUT2D eigenvalue weighted by Crippen LogP contribution is 2.24. The second-order valence-corrected chi connectivity index (χ2v) is 3.81. The molecule has 1 heterocycles. The summed E-state index contributed by atoms with van der Waals surface area (Å²) in [6.07, 6.45) is 5.19. The summed E-state index contributed by atoms with van der Waals surface area (Å²) >= 11 is 0. The molecule has 0 spiro atoms. The van der Waals surface area contributed by atoms with Crippen LogP contribution in [-0.4, -0.2) is 10.2 Å². The molecule has 0 bridgehead atoms. The highest BCUT2D eigenvalue weighted by molar-refractivity contribution is 5.49. The third kappa shape index (κ3) is 1.67. The fourth-order valence-electron chi connectivity index (χ4n) is 1.12. The Hall–Kier alpha value is -1.25. The third-order valence-corrected chi connectivity index (χ3v) is 1.74. The van der Waals surface area contributed by atoms with Gasteiger partial charge in [-0.3, -0.25) is 5.10 Å². The van der Waals surface area contributed by atoms with Gasteiger partial charge in [-0.2, -0.15) is 5.10 Å². The first-order valence-electron chi connectivity index (χ1n) is 3.98. The molecule has 1 aromatic rings. The lowest BCUT2D eigenvalue weighted by molar-refractivity contribution is 0.589. The van der Waals surface area contributed by atoms with Crippen LogP contribution in [0.15, 0.2) is 12.4 Å². The van der Waals surface area contributed by atoms with E-state index in [9.17, 15) is 0 Å². The highest BCUT2D eigenvalue weighted by atomic mass is 15.1. The lowest BCUT2D eigenvalue weighted by Crippen LogP contribution is -2.11. The molecule has 66 valence electrons. The summed E-state index contributed by atoms with van der Waals surface area (Å²) in [5.41, 5.74) is 7.59. The molecule has 0 radical (unpaired) electrons. The van der Waals surface area contributed by atoms with Gasteiger partial charge in [0.1, 0.15) is 0 Å². The van der Waals surface area contributed by atoms with E-state index >= 15 is 0 Å². The molecule has 0 amide bonds.